The lowest BCUT2D eigenvalue weighted by atomic mass is 10.1. The summed E-state index contributed by atoms with van der Waals surface area (Å²) < 4.78 is 12.6. The van der Waals surface area contributed by atoms with Crippen LogP contribution >= 0.6 is 0 Å². The number of hydrogen-bond donors (Lipinski definition) is 0. The Hall–Kier alpha value is -1.18. The maximum absolute atomic E-state index is 12.6. The maximum atomic E-state index is 12.6. The number of rotatable bonds is 1. The van der Waals surface area contributed by atoms with E-state index in [-0.39, 0.29) is 11.3 Å². The molecule has 0 atom stereocenters. The first kappa shape index (κ1) is 11.8. The second kappa shape index (κ2) is 6.35. The number of ketones is 1. The molecule has 1 aromatic rings. The maximum Gasteiger partial charge on any atom is 0.162 e. The van der Waals surface area contributed by atoms with Gasteiger partial charge in [0.15, 0.2) is 5.78 Å². The fourth-order valence-corrected chi connectivity index (χ4v) is 0.747. The van der Waals surface area contributed by atoms with Gasteiger partial charge in [0, 0.05) is 0 Å². The molecule has 0 aliphatic rings. The molecule has 0 spiro atoms. The molecule has 0 saturated carbocycles. The van der Waals surface area contributed by atoms with Gasteiger partial charge in [-0.2, -0.15) is 0 Å². The van der Waals surface area contributed by atoms with Crippen molar-refractivity contribution in [2.24, 2.45) is 0 Å². The Balaban J connectivity index is 0.000000424. The third-order valence-electron chi connectivity index (χ3n) is 1.25. The van der Waals surface area contributed by atoms with Gasteiger partial charge in [-0.05, 0) is 19.1 Å². The molecule has 0 amide bonds. The first-order valence-electron chi connectivity index (χ1n) is 4.38. The highest BCUT2D eigenvalue weighted by molar-refractivity contribution is 5.94. The van der Waals surface area contributed by atoms with Gasteiger partial charge in [0.2, 0.25) is 0 Å². The standard InChI is InChI=1S/C8H7FO.C3H8/c1-6(10)7-4-2-3-5-8(7)9;1-3-2/h2-5H,1H3;3H2,1-2H3. The Kier molecular flexibility index (Phi) is 5.77. The lowest BCUT2D eigenvalue weighted by Gasteiger charge is -1.94. The molecule has 1 aromatic carbocycles. The molecule has 0 bridgehead atoms. The summed E-state index contributed by atoms with van der Waals surface area (Å²) in [7, 11) is 0. The SMILES string of the molecule is CC(=O)c1ccccc1F.CCC. The molecular weight excluding hydrogens is 167 g/mol. The lowest BCUT2D eigenvalue weighted by Crippen LogP contribution is -1.94. The molecule has 1 nitrogen and oxygen atoms in total. The van der Waals surface area contributed by atoms with Crippen molar-refractivity contribution < 1.29 is 9.18 Å². The predicted molar refractivity (Wildman–Crippen MR) is 52.4 cm³/mol. The highest BCUT2D eigenvalue weighted by Crippen LogP contribution is 2.05. The Morgan fingerprint density at radius 3 is 2.08 bits per heavy atom. The molecule has 0 aliphatic heterocycles. The highest BCUT2D eigenvalue weighted by atomic mass is 19.1. The molecule has 0 aliphatic carbocycles. The summed E-state index contributed by atoms with van der Waals surface area (Å²) in [4.78, 5) is 10.6. The lowest BCUT2D eigenvalue weighted by molar-refractivity contribution is 0.101. The molecule has 0 unspecified atom stereocenters. The quantitative estimate of drug-likeness (QED) is 0.608. The number of halogens is 1. The summed E-state index contributed by atoms with van der Waals surface area (Å²) in [6, 6.07) is 5.94. The smallest absolute Gasteiger partial charge is 0.162 e. The van der Waals surface area contributed by atoms with Gasteiger partial charge in [0.05, 0.1) is 5.56 Å². The van der Waals surface area contributed by atoms with E-state index in [1.807, 2.05) is 0 Å². The summed E-state index contributed by atoms with van der Waals surface area (Å²) in [6.07, 6.45) is 1.25. The van der Waals surface area contributed by atoms with Crippen LogP contribution in [0.1, 0.15) is 37.6 Å². The van der Waals surface area contributed by atoms with Crippen molar-refractivity contribution in [2.45, 2.75) is 27.2 Å². The fourth-order valence-electron chi connectivity index (χ4n) is 0.747. The molecular formula is C11H15FO. The summed E-state index contributed by atoms with van der Waals surface area (Å²) in [6.45, 7) is 5.60. The van der Waals surface area contributed by atoms with Crippen LogP contribution in [0, 0.1) is 5.82 Å². The van der Waals surface area contributed by atoms with Crippen LogP contribution in [0.15, 0.2) is 24.3 Å². The minimum atomic E-state index is -0.449. The first-order chi connectivity index (χ1) is 6.13. The second-order valence-electron chi connectivity index (χ2n) is 2.74. The highest BCUT2D eigenvalue weighted by Gasteiger charge is 2.03. The van der Waals surface area contributed by atoms with Gasteiger partial charge >= 0.3 is 0 Å². The first-order valence-corrected chi connectivity index (χ1v) is 4.38. The molecule has 0 fully saturated rings. The van der Waals surface area contributed by atoms with Crippen molar-refractivity contribution in [1.29, 1.82) is 0 Å². The summed E-state index contributed by atoms with van der Waals surface area (Å²) in [5.41, 5.74) is 0.155. The van der Waals surface area contributed by atoms with E-state index in [0.717, 1.165) is 0 Å². The van der Waals surface area contributed by atoms with Crippen molar-refractivity contribution in [1.82, 2.24) is 0 Å². The average molecular weight is 182 g/mol. The molecule has 0 saturated heterocycles. The van der Waals surface area contributed by atoms with E-state index in [9.17, 15) is 9.18 Å². The van der Waals surface area contributed by atoms with Gasteiger partial charge in [-0.1, -0.05) is 32.4 Å². The van der Waals surface area contributed by atoms with Crippen LogP contribution in [0.3, 0.4) is 0 Å². The Morgan fingerprint density at radius 1 is 1.31 bits per heavy atom. The molecule has 0 N–H and O–H groups in total. The molecule has 0 heterocycles. The van der Waals surface area contributed by atoms with Crippen LogP contribution in [0.4, 0.5) is 4.39 Å². The van der Waals surface area contributed by atoms with Gasteiger partial charge in [0.25, 0.3) is 0 Å². The van der Waals surface area contributed by atoms with Gasteiger partial charge in [-0.3, -0.25) is 4.79 Å². The van der Waals surface area contributed by atoms with Crippen molar-refractivity contribution in [3.63, 3.8) is 0 Å². The average Bonchev–Trinajstić information content (AvgIpc) is 2.06. The molecule has 0 aromatic heterocycles. The van der Waals surface area contributed by atoms with E-state index in [2.05, 4.69) is 13.8 Å². The summed E-state index contributed by atoms with van der Waals surface area (Å²) in [5.74, 6) is -0.687. The van der Waals surface area contributed by atoms with E-state index < -0.39 is 5.82 Å². The molecule has 13 heavy (non-hydrogen) atoms. The van der Waals surface area contributed by atoms with Crippen LogP contribution in [0.5, 0.6) is 0 Å². The van der Waals surface area contributed by atoms with E-state index in [0.29, 0.717) is 0 Å². The Morgan fingerprint density at radius 2 is 1.77 bits per heavy atom. The van der Waals surface area contributed by atoms with Crippen molar-refractivity contribution in [2.75, 3.05) is 0 Å². The van der Waals surface area contributed by atoms with E-state index in [4.69, 9.17) is 0 Å². The number of Topliss-reactive ketones (excluding diaryl/α,β-unsaturated/α-hetero) is 1. The van der Waals surface area contributed by atoms with Crippen molar-refractivity contribution in [3.05, 3.63) is 35.6 Å². The van der Waals surface area contributed by atoms with Crippen LogP contribution in [-0.4, -0.2) is 5.78 Å². The topological polar surface area (TPSA) is 17.1 Å². The minimum Gasteiger partial charge on any atom is -0.294 e. The van der Waals surface area contributed by atoms with Crippen LogP contribution in [-0.2, 0) is 0 Å². The van der Waals surface area contributed by atoms with Crippen LogP contribution in [0.25, 0.3) is 0 Å². The largest absolute Gasteiger partial charge is 0.294 e. The predicted octanol–water partition coefficient (Wildman–Crippen LogP) is 3.44. The second-order valence-corrected chi connectivity index (χ2v) is 2.74. The molecule has 1 rings (SSSR count). The van der Waals surface area contributed by atoms with Crippen LogP contribution in [0.2, 0.25) is 0 Å². The van der Waals surface area contributed by atoms with E-state index >= 15 is 0 Å². The van der Waals surface area contributed by atoms with Crippen molar-refractivity contribution >= 4 is 5.78 Å². The Bertz CT molecular complexity index is 269. The number of hydrogen-bond acceptors (Lipinski definition) is 1. The zero-order chi connectivity index (χ0) is 10.3. The van der Waals surface area contributed by atoms with Gasteiger partial charge in [-0.25, -0.2) is 4.39 Å². The third kappa shape index (κ3) is 4.41. The normalized spacial score (nSPS) is 8.62. The van der Waals surface area contributed by atoms with E-state index in [1.165, 1.54) is 25.5 Å². The van der Waals surface area contributed by atoms with Crippen molar-refractivity contribution in [3.8, 4) is 0 Å². The fraction of sp³-hybridized carbons (Fsp3) is 0.364. The molecule has 0 radical (unpaired) electrons. The number of benzene rings is 1. The van der Waals surface area contributed by atoms with E-state index in [1.54, 1.807) is 12.1 Å². The van der Waals surface area contributed by atoms with Crippen LogP contribution < -0.4 is 0 Å². The molecule has 2 heteroatoms. The van der Waals surface area contributed by atoms with Gasteiger partial charge in [-0.15, -0.1) is 0 Å². The zero-order valence-corrected chi connectivity index (χ0v) is 8.30. The monoisotopic (exact) mass is 182 g/mol. The summed E-state index contributed by atoms with van der Waals surface area (Å²) in [5, 5.41) is 0. The van der Waals surface area contributed by atoms with Gasteiger partial charge in [0.1, 0.15) is 5.82 Å². The number of carbonyl (C=O) groups is 1. The Labute approximate surface area is 78.6 Å². The van der Waals surface area contributed by atoms with Gasteiger partial charge < -0.3 is 0 Å². The number of carbonyl (C=O) groups excluding carboxylic acids is 1. The summed E-state index contributed by atoms with van der Waals surface area (Å²) >= 11 is 0. The third-order valence-corrected chi connectivity index (χ3v) is 1.25. The minimum absolute atomic E-state index is 0.155. The molecule has 72 valence electrons. The zero-order valence-electron chi connectivity index (χ0n) is 8.30.